The van der Waals surface area contributed by atoms with Crippen LogP contribution >= 0.6 is 0 Å². The molecule has 0 heterocycles. The number of aldehydes is 1. The fourth-order valence-electron chi connectivity index (χ4n) is 0.201. The molecule has 0 rings (SSSR count). The highest BCUT2D eigenvalue weighted by Crippen LogP contribution is 1.75. The highest BCUT2D eigenvalue weighted by Gasteiger charge is 1.74. The summed E-state index contributed by atoms with van der Waals surface area (Å²) < 4.78 is 0. The lowest BCUT2D eigenvalue weighted by Gasteiger charge is -1.79. The van der Waals surface area contributed by atoms with E-state index in [1.807, 2.05) is 0 Å². The Morgan fingerprint density at radius 2 is 1.89 bits per heavy atom. The Morgan fingerprint density at radius 3 is 2.00 bits per heavy atom. The van der Waals surface area contributed by atoms with E-state index in [1.54, 1.807) is 0 Å². The van der Waals surface area contributed by atoms with E-state index >= 15 is 0 Å². The van der Waals surface area contributed by atoms with Crippen molar-refractivity contribution in [1.29, 1.82) is 0 Å². The highest BCUT2D eigenvalue weighted by molar-refractivity contribution is 5.48. The van der Waals surface area contributed by atoms with Gasteiger partial charge in [0.05, 0.1) is 0 Å². The summed E-state index contributed by atoms with van der Waals surface area (Å²) in [4.78, 5) is 9.51. The summed E-state index contributed by atoms with van der Waals surface area (Å²) in [6.07, 6.45) is 3.56. The van der Waals surface area contributed by atoms with Gasteiger partial charge in [0, 0.05) is 6.42 Å². The minimum Gasteiger partial charge on any atom is -0.330 e. The summed E-state index contributed by atoms with van der Waals surface area (Å²) in [5.41, 5.74) is 5.06. The van der Waals surface area contributed by atoms with Crippen molar-refractivity contribution in [2.75, 3.05) is 6.54 Å². The third-order valence-electron chi connectivity index (χ3n) is 0.526. The molecule has 2 heteroatoms. The van der Waals surface area contributed by atoms with Crippen LogP contribution in [0.5, 0.6) is 0 Å². The molecule has 0 aromatic carbocycles. The molecule has 0 fully saturated rings. The summed E-state index contributed by atoms with van der Waals surface area (Å²) in [6, 6.07) is 0. The average Bonchev–Trinajstić information content (AvgIpc) is 1.86. The Bertz CT molecular complexity index is 46.2. The van der Waals surface area contributed by atoms with Gasteiger partial charge < -0.3 is 10.5 Å². The zero-order valence-electron chi connectivity index (χ0n) is 6.39. The number of unbranched alkanes of at least 4 members (excludes halogenated alkanes) is 1. The monoisotopic (exact) mass is 131 g/mol. The first kappa shape index (κ1) is 11.4. The van der Waals surface area contributed by atoms with Crippen molar-refractivity contribution in [2.24, 2.45) is 5.73 Å². The van der Waals surface area contributed by atoms with Crippen LogP contribution in [0.4, 0.5) is 0 Å². The van der Waals surface area contributed by atoms with Crippen LogP contribution in [0.1, 0.15) is 33.1 Å². The van der Waals surface area contributed by atoms with Gasteiger partial charge >= 0.3 is 0 Å². The van der Waals surface area contributed by atoms with Gasteiger partial charge in [-0.1, -0.05) is 20.3 Å². The van der Waals surface area contributed by atoms with Crippen LogP contribution in [0.25, 0.3) is 0 Å². The summed E-state index contributed by atoms with van der Waals surface area (Å²) >= 11 is 0. The summed E-state index contributed by atoms with van der Waals surface area (Å²) in [5, 5.41) is 0. The molecule has 0 aliphatic heterocycles. The molecule has 9 heavy (non-hydrogen) atoms. The lowest BCUT2D eigenvalue weighted by molar-refractivity contribution is -0.107. The first-order valence-electron chi connectivity index (χ1n) is 3.47. The van der Waals surface area contributed by atoms with Gasteiger partial charge in [-0.15, -0.1) is 0 Å². The van der Waals surface area contributed by atoms with Gasteiger partial charge in [0.2, 0.25) is 0 Å². The molecule has 0 bridgehead atoms. The van der Waals surface area contributed by atoms with Crippen LogP contribution < -0.4 is 5.73 Å². The zero-order valence-corrected chi connectivity index (χ0v) is 6.39. The Hall–Kier alpha value is -0.370. The Labute approximate surface area is 57.4 Å². The van der Waals surface area contributed by atoms with Crippen molar-refractivity contribution in [3.8, 4) is 0 Å². The summed E-state index contributed by atoms with van der Waals surface area (Å²) in [5.74, 6) is 0. The van der Waals surface area contributed by atoms with Gasteiger partial charge in [-0.05, 0) is 13.0 Å². The number of carbonyl (C=O) groups excluding carboxylic acids is 1. The van der Waals surface area contributed by atoms with Crippen LogP contribution in [0.15, 0.2) is 0 Å². The van der Waals surface area contributed by atoms with Crippen LogP contribution in [0.2, 0.25) is 0 Å². The lowest BCUT2D eigenvalue weighted by Crippen LogP contribution is -1.97. The van der Waals surface area contributed by atoms with Crippen molar-refractivity contribution in [3.05, 3.63) is 0 Å². The van der Waals surface area contributed by atoms with Crippen LogP contribution in [-0.2, 0) is 4.79 Å². The Kier molecular flexibility index (Phi) is 19.9. The molecule has 0 aliphatic rings. The number of rotatable bonds is 3. The fourth-order valence-corrected chi connectivity index (χ4v) is 0.201. The molecule has 0 radical (unpaired) electrons. The topological polar surface area (TPSA) is 43.1 Å². The van der Waals surface area contributed by atoms with Gasteiger partial charge in [-0.3, -0.25) is 0 Å². The maximum absolute atomic E-state index is 9.51. The van der Waals surface area contributed by atoms with Gasteiger partial charge in [-0.25, -0.2) is 0 Å². The number of nitrogens with two attached hydrogens (primary N) is 1. The second-order valence-corrected chi connectivity index (χ2v) is 1.80. The van der Waals surface area contributed by atoms with E-state index in [2.05, 4.69) is 13.8 Å². The lowest BCUT2D eigenvalue weighted by atomic mass is 10.3. The SMILES string of the molecule is CCC.NCCCC=O. The molecule has 0 spiro atoms. The minimum absolute atomic E-state index is 0.608. The number of carbonyl (C=O) groups is 1. The molecular weight excluding hydrogens is 114 g/mol. The Morgan fingerprint density at radius 1 is 1.44 bits per heavy atom. The third kappa shape index (κ3) is 35.0. The maximum Gasteiger partial charge on any atom is 0.120 e. The smallest absolute Gasteiger partial charge is 0.120 e. The van der Waals surface area contributed by atoms with Crippen LogP contribution in [0.3, 0.4) is 0 Å². The summed E-state index contributed by atoms with van der Waals surface area (Å²) in [6.45, 7) is 4.87. The van der Waals surface area contributed by atoms with E-state index in [0.29, 0.717) is 13.0 Å². The van der Waals surface area contributed by atoms with E-state index in [1.165, 1.54) is 6.42 Å². The molecule has 2 N–H and O–H groups in total. The normalized spacial score (nSPS) is 7.44. The molecule has 56 valence electrons. The van der Waals surface area contributed by atoms with Crippen molar-refractivity contribution < 1.29 is 4.79 Å². The van der Waals surface area contributed by atoms with Crippen molar-refractivity contribution in [3.63, 3.8) is 0 Å². The van der Waals surface area contributed by atoms with Gasteiger partial charge in [0.1, 0.15) is 6.29 Å². The van der Waals surface area contributed by atoms with E-state index in [4.69, 9.17) is 5.73 Å². The Balaban J connectivity index is 0. The molecule has 2 nitrogen and oxygen atoms in total. The van der Waals surface area contributed by atoms with Gasteiger partial charge in [0.25, 0.3) is 0 Å². The molecular formula is C7H17NO. The molecule has 0 aromatic heterocycles. The van der Waals surface area contributed by atoms with Crippen molar-refractivity contribution in [1.82, 2.24) is 0 Å². The number of hydrogen-bond acceptors (Lipinski definition) is 2. The van der Waals surface area contributed by atoms with E-state index in [9.17, 15) is 4.79 Å². The molecule has 0 saturated heterocycles. The van der Waals surface area contributed by atoms with Crippen molar-refractivity contribution in [2.45, 2.75) is 33.1 Å². The predicted molar refractivity (Wildman–Crippen MR) is 40.3 cm³/mol. The van der Waals surface area contributed by atoms with Crippen LogP contribution in [0, 0.1) is 0 Å². The van der Waals surface area contributed by atoms with Crippen LogP contribution in [-0.4, -0.2) is 12.8 Å². The zero-order chi connectivity index (χ0) is 7.54. The summed E-state index contributed by atoms with van der Waals surface area (Å²) in [7, 11) is 0. The van der Waals surface area contributed by atoms with E-state index in [0.717, 1.165) is 12.7 Å². The largest absolute Gasteiger partial charge is 0.330 e. The molecule has 0 saturated carbocycles. The predicted octanol–water partition coefficient (Wildman–Crippen LogP) is 1.34. The standard InChI is InChI=1S/C4H9NO.C3H8/c5-3-1-2-4-6;1-3-2/h4H,1-3,5H2;3H2,1-2H3. The van der Waals surface area contributed by atoms with E-state index in [-0.39, 0.29) is 0 Å². The fraction of sp³-hybridized carbons (Fsp3) is 0.857. The van der Waals surface area contributed by atoms with Gasteiger partial charge in [0.15, 0.2) is 0 Å². The molecule has 0 atom stereocenters. The van der Waals surface area contributed by atoms with Gasteiger partial charge in [-0.2, -0.15) is 0 Å². The molecule has 0 aliphatic carbocycles. The second-order valence-electron chi connectivity index (χ2n) is 1.80. The second kappa shape index (κ2) is 15.6. The number of hydrogen-bond donors (Lipinski definition) is 1. The highest BCUT2D eigenvalue weighted by atomic mass is 16.1. The first-order chi connectivity index (χ1) is 4.33. The van der Waals surface area contributed by atoms with E-state index < -0.39 is 0 Å². The molecule has 0 amide bonds. The quantitative estimate of drug-likeness (QED) is 0.464. The van der Waals surface area contributed by atoms with Crippen molar-refractivity contribution >= 4 is 6.29 Å². The third-order valence-corrected chi connectivity index (χ3v) is 0.526. The molecule has 0 aromatic rings. The molecule has 0 unspecified atom stereocenters. The maximum atomic E-state index is 9.51. The first-order valence-corrected chi connectivity index (χ1v) is 3.47. The minimum atomic E-state index is 0.608. The average molecular weight is 131 g/mol.